The summed E-state index contributed by atoms with van der Waals surface area (Å²) in [7, 11) is 0. The van der Waals surface area contributed by atoms with Gasteiger partial charge in [-0.05, 0) is 37.9 Å². The summed E-state index contributed by atoms with van der Waals surface area (Å²) in [5.41, 5.74) is 6.79. The molecule has 0 unspecified atom stereocenters. The lowest BCUT2D eigenvalue weighted by atomic mass is 10.1. The van der Waals surface area contributed by atoms with Gasteiger partial charge in [-0.15, -0.1) is 0 Å². The van der Waals surface area contributed by atoms with Gasteiger partial charge < -0.3 is 10.9 Å². The van der Waals surface area contributed by atoms with Crippen LogP contribution < -0.4 is 5.73 Å². The van der Waals surface area contributed by atoms with E-state index in [9.17, 15) is 0 Å². The highest BCUT2D eigenvalue weighted by Gasteiger charge is 2.04. The maximum atomic E-state index is 8.86. The number of nitrogens with zero attached hydrogens (tertiary/aromatic N) is 2. The van der Waals surface area contributed by atoms with Crippen LogP contribution in [0, 0.1) is 0 Å². The normalized spacial score (nSPS) is 11.7. The molecule has 0 amide bonds. The first-order valence-corrected chi connectivity index (χ1v) is 5.21. The van der Waals surface area contributed by atoms with E-state index in [4.69, 9.17) is 10.9 Å². The summed E-state index contributed by atoms with van der Waals surface area (Å²) in [5, 5.41) is 12.1. The Morgan fingerprint density at radius 1 is 1.33 bits per heavy atom. The zero-order valence-electron chi connectivity index (χ0n) is 8.76. The Bertz CT molecular complexity index is 298. The van der Waals surface area contributed by atoms with Crippen molar-refractivity contribution in [2.24, 2.45) is 10.9 Å². The predicted octanol–water partition coefficient (Wildman–Crippen LogP) is 1.78. The molecule has 1 rings (SSSR count). The molecular formula is C11H17N3O. The first-order valence-electron chi connectivity index (χ1n) is 5.21. The molecule has 0 aromatic carbocycles. The third kappa shape index (κ3) is 4.08. The number of unbranched alkanes of at least 4 members (excludes halogenated alkanes) is 2. The van der Waals surface area contributed by atoms with Crippen LogP contribution in [0.2, 0.25) is 0 Å². The Labute approximate surface area is 89.8 Å². The van der Waals surface area contributed by atoms with Gasteiger partial charge in [0, 0.05) is 6.20 Å². The summed E-state index contributed by atoms with van der Waals surface area (Å²) in [6.07, 6.45) is 5.49. The fourth-order valence-corrected chi connectivity index (χ4v) is 1.38. The van der Waals surface area contributed by atoms with Crippen molar-refractivity contribution in [2.45, 2.75) is 25.7 Å². The van der Waals surface area contributed by atoms with Gasteiger partial charge in [0.25, 0.3) is 0 Å². The van der Waals surface area contributed by atoms with Gasteiger partial charge in [0.05, 0.1) is 5.69 Å². The Balaban J connectivity index is 2.44. The maximum Gasteiger partial charge on any atom is 0.105 e. The van der Waals surface area contributed by atoms with E-state index < -0.39 is 0 Å². The second kappa shape index (κ2) is 6.95. The fourth-order valence-electron chi connectivity index (χ4n) is 1.38. The molecule has 15 heavy (non-hydrogen) atoms. The van der Waals surface area contributed by atoms with Crippen LogP contribution in [0.4, 0.5) is 0 Å². The maximum absolute atomic E-state index is 8.86. The van der Waals surface area contributed by atoms with Crippen molar-refractivity contribution in [2.75, 3.05) is 6.54 Å². The molecule has 0 spiro atoms. The Morgan fingerprint density at radius 2 is 2.20 bits per heavy atom. The number of pyridine rings is 1. The third-order valence-electron chi connectivity index (χ3n) is 2.20. The summed E-state index contributed by atoms with van der Waals surface area (Å²) in [5.74, 6) is 0. The van der Waals surface area contributed by atoms with E-state index in [2.05, 4.69) is 10.1 Å². The lowest BCUT2D eigenvalue weighted by Gasteiger charge is -2.02. The summed E-state index contributed by atoms with van der Waals surface area (Å²) in [6, 6.07) is 5.57. The average molecular weight is 207 g/mol. The monoisotopic (exact) mass is 207 g/mol. The van der Waals surface area contributed by atoms with E-state index in [0.717, 1.165) is 37.9 Å². The van der Waals surface area contributed by atoms with E-state index in [1.807, 2.05) is 18.2 Å². The minimum Gasteiger partial charge on any atom is -0.411 e. The Morgan fingerprint density at radius 3 is 2.80 bits per heavy atom. The van der Waals surface area contributed by atoms with Crippen LogP contribution in [0.1, 0.15) is 31.4 Å². The molecule has 1 aromatic heterocycles. The van der Waals surface area contributed by atoms with Crippen LogP contribution in [-0.2, 0) is 0 Å². The zero-order chi connectivity index (χ0) is 10.9. The van der Waals surface area contributed by atoms with Crippen LogP contribution in [0.15, 0.2) is 29.6 Å². The molecule has 1 aromatic rings. The number of hydrogen-bond acceptors (Lipinski definition) is 4. The standard InChI is InChI=1S/C11H17N3O/c12-8-4-1-2-7-11(14-15)10-6-3-5-9-13-10/h3,5-6,9,15H,1-2,4,7-8,12H2/b14-11+. The molecule has 0 saturated carbocycles. The van der Waals surface area contributed by atoms with Gasteiger partial charge in [0.1, 0.15) is 5.71 Å². The van der Waals surface area contributed by atoms with Crippen molar-refractivity contribution >= 4 is 5.71 Å². The molecule has 4 heteroatoms. The van der Waals surface area contributed by atoms with Crippen molar-refractivity contribution in [3.8, 4) is 0 Å². The summed E-state index contributed by atoms with van der Waals surface area (Å²) in [6.45, 7) is 0.717. The van der Waals surface area contributed by atoms with Crippen LogP contribution in [0.25, 0.3) is 0 Å². The number of oxime groups is 1. The topological polar surface area (TPSA) is 71.5 Å². The zero-order valence-corrected chi connectivity index (χ0v) is 8.76. The highest BCUT2D eigenvalue weighted by molar-refractivity contribution is 5.98. The second-order valence-corrected chi connectivity index (χ2v) is 3.36. The van der Waals surface area contributed by atoms with Gasteiger partial charge in [-0.1, -0.05) is 17.6 Å². The minimum absolute atomic E-state index is 0.646. The molecule has 0 radical (unpaired) electrons. The lowest BCUT2D eigenvalue weighted by Crippen LogP contribution is -2.04. The SMILES string of the molecule is NCCCCC/C(=N\O)c1ccccn1. The quantitative estimate of drug-likeness (QED) is 0.323. The van der Waals surface area contributed by atoms with Crippen LogP contribution in [-0.4, -0.2) is 22.4 Å². The smallest absolute Gasteiger partial charge is 0.105 e. The summed E-state index contributed by atoms with van der Waals surface area (Å²) >= 11 is 0. The number of hydrogen-bond donors (Lipinski definition) is 2. The summed E-state index contributed by atoms with van der Waals surface area (Å²) in [4.78, 5) is 4.13. The van der Waals surface area contributed by atoms with Gasteiger partial charge in [0.15, 0.2) is 0 Å². The first kappa shape index (κ1) is 11.7. The van der Waals surface area contributed by atoms with Gasteiger partial charge in [0.2, 0.25) is 0 Å². The fraction of sp³-hybridized carbons (Fsp3) is 0.455. The Hall–Kier alpha value is -1.42. The molecule has 0 bridgehead atoms. The van der Waals surface area contributed by atoms with E-state index in [0.29, 0.717) is 5.71 Å². The van der Waals surface area contributed by atoms with Gasteiger partial charge >= 0.3 is 0 Å². The largest absolute Gasteiger partial charge is 0.411 e. The van der Waals surface area contributed by atoms with E-state index in [1.165, 1.54) is 0 Å². The van der Waals surface area contributed by atoms with E-state index >= 15 is 0 Å². The molecular weight excluding hydrogens is 190 g/mol. The van der Waals surface area contributed by atoms with Gasteiger partial charge in [-0.2, -0.15) is 0 Å². The highest BCUT2D eigenvalue weighted by Crippen LogP contribution is 2.06. The van der Waals surface area contributed by atoms with Crippen molar-refractivity contribution in [3.05, 3.63) is 30.1 Å². The van der Waals surface area contributed by atoms with Crippen molar-refractivity contribution < 1.29 is 5.21 Å². The molecule has 0 aliphatic carbocycles. The minimum atomic E-state index is 0.646. The van der Waals surface area contributed by atoms with Gasteiger partial charge in [-0.25, -0.2) is 0 Å². The van der Waals surface area contributed by atoms with Crippen LogP contribution in [0.5, 0.6) is 0 Å². The van der Waals surface area contributed by atoms with Crippen LogP contribution >= 0.6 is 0 Å². The Kier molecular flexibility index (Phi) is 5.40. The molecule has 0 aliphatic rings. The third-order valence-corrected chi connectivity index (χ3v) is 2.20. The van der Waals surface area contributed by atoms with Crippen molar-refractivity contribution in [3.63, 3.8) is 0 Å². The molecule has 1 heterocycles. The molecule has 82 valence electrons. The molecule has 4 nitrogen and oxygen atoms in total. The predicted molar refractivity (Wildman–Crippen MR) is 60.1 cm³/mol. The van der Waals surface area contributed by atoms with Crippen LogP contribution in [0.3, 0.4) is 0 Å². The lowest BCUT2D eigenvalue weighted by molar-refractivity contribution is 0.317. The van der Waals surface area contributed by atoms with Crippen molar-refractivity contribution in [1.82, 2.24) is 4.98 Å². The average Bonchev–Trinajstić information content (AvgIpc) is 2.30. The second-order valence-electron chi connectivity index (χ2n) is 3.36. The van der Waals surface area contributed by atoms with E-state index in [-0.39, 0.29) is 0 Å². The molecule has 3 N–H and O–H groups in total. The molecule has 0 aliphatic heterocycles. The number of aromatic nitrogens is 1. The molecule has 0 saturated heterocycles. The summed E-state index contributed by atoms with van der Waals surface area (Å²) < 4.78 is 0. The van der Waals surface area contributed by atoms with E-state index in [1.54, 1.807) is 6.20 Å². The molecule has 0 fully saturated rings. The molecule has 0 atom stereocenters. The number of nitrogens with two attached hydrogens (primary N) is 1. The number of rotatable bonds is 6. The first-order chi connectivity index (χ1) is 7.38. The highest BCUT2D eigenvalue weighted by atomic mass is 16.4. The van der Waals surface area contributed by atoms with Gasteiger partial charge in [-0.3, -0.25) is 4.98 Å². The van der Waals surface area contributed by atoms with Crippen molar-refractivity contribution in [1.29, 1.82) is 0 Å².